The number of carbonyl (C=O) groups is 3. The van der Waals surface area contributed by atoms with Crippen LogP contribution in [0.5, 0.6) is 0 Å². The van der Waals surface area contributed by atoms with E-state index in [2.05, 4.69) is 10.6 Å². The smallest absolute Gasteiger partial charge is 0.316 e. The van der Waals surface area contributed by atoms with Gasteiger partial charge in [0.15, 0.2) is 6.10 Å². The lowest BCUT2D eigenvalue weighted by molar-refractivity contribution is -0.150. The van der Waals surface area contributed by atoms with E-state index in [4.69, 9.17) is 4.74 Å². The van der Waals surface area contributed by atoms with Crippen molar-refractivity contribution >= 4 is 52.3 Å². The standard InChI is InChI=1S/C18H20N2O4S2/c1-12(24-17(22)11-25-10-16-4-3-9-26-16)18(23)20-15-7-5-14(6-8-15)19-13(2)21/h3-9,12H,10-11H2,1-2H3,(H,19,21)(H,20,23)/t12-/m0/s1. The van der Waals surface area contributed by atoms with E-state index >= 15 is 0 Å². The summed E-state index contributed by atoms with van der Waals surface area (Å²) in [5.41, 5.74) is 1.19. The number of nitrogens with one attached hydrogen (secondary N) is 2. The average Bonchev–Trinajstić information content (AvgIpc) is 3.09. The molecule has 0 radical (unpaired) electrons. The van der Waals surface area contributed by atoms with Crippen molar-refractivity contribution in [2.75, 3.05) is 16.4 Å². The van der Waals surface area contributed by atoms with Crippen LogP contribution in [-0.4, -0.2) is 29.6 Å². The van der Waals surface area contributed by atoms with E-state index in [0.29, 0.717) is 11.4 Å². The summed E-state index contributed by atoms with van der Waals surface area (Å²) in [6.45, 7) is 2.95. The average molecular weight is 393 g/mol. The topological polar surface area (TPSA) is 84.5 Å². The molecule has 0 spiro atoms. The third-order valence-electron chi connectivity index (χ3n) is 3.19. The molecule has 138 valence electrons. The Balaban J connectivity index is 1.73. The number of ether oxygens (including phenoxy) is 1. The van der Waals surface area contributed by atoms with Crippen molar-refractivity contribution in [3.05, 3.63) is 46.7 Å². The number of amides is 2. The fraction of sp³-hybridized carbons (Fsp3) is 0.278. The van der Waals surface area contributed by atoms with Crippen molar-refractivity contribution in [2.24, 2.45) is 0 Å². The largest absolute Gasteiger partial charge is 0.452 e. The number of esters is 1. The first-order valence-electron chi connectivity index (χ1n) is 7.92. The van der Waals surface area contributed by atoms with E-state index in [1.807, 2.05) is 17.5 Å². The van der Waals surface area contributed by atoms with Crippen molar-refractivity contribution < 1.29 is 19.1 Å². The Bertz CT molecular complexity index is 745. The van der Waals surface area contributed by atoms with Gasteiger partial charge in [-0.3, -0.25) is 14.4 Å². The maximum Gasteiger partial charge on any atom is 0.316 e. The highest BCUT2D eigenvalue weighted by Crippen LogP contribution is 2.17. The summed E-state index contributed by atoms with van der Waals surface area (Å²) >= 11 is 3.09. The molecule has 2 rings (SSSR count). The molecule has 1 heterocycles. The van der Waals surface area contributed by atoms with E-state index in [-0.39, 0.29) is 11.7 Å². The van der Waals surface area contributed by atoms with Gasteiger partial charge in [0.25, 0.3) is 5.91 Å². The number of benzene rings is 1. The molecule has 1 aromatic carbocycles. The van der Waals surface area contributed by atoms with Gasteiger partial charge < -0.3 is 15.4 Å². The fourth-order valence-electron chi connectivity index (χ4n) is 2.00. The van der Waals surface area contributed by atoms with E-state index in [1.165, 1.54) is 30.5 Å². The monoisotopic (exact) mass is 392 g/mol. The predicted molar refractivity (Wildman–Crippen MR) is 105 cm³/mol. The molecule has 0 aliphatic rings. The van der Waals surface area contributed by atoms with Crippen LogP contribution in [0.2, 0.25) is 0 Å². The second kappa shape index (κ2) is 9.98. The molecule has 2 amide bonds. The van der Waals surface area contributed by atoms with Crippen LogP contribution in [0, 0.1) is 0 Å². The predicted octanol–water partition coefficient (Wildman–Crippen LogP) is 3.51. The fourth-order valence-corrected chi connectivity index (χ4v) is 3.64. The number of hydrogen-bond acceptors (Lipinski definition) is 6. The van der Waals surface area contributed by atoms with Crippen molar-refractivity contribution in [2.45, 2.75) is 25.7 Å². The van der Waals surface area contributed by atoms with Gasteiger partial charge in [-0.25, -0.2) is 0 Å². The lowest BCUT2D eigenvalue weighted by Gasteiger charge is -2.13. The van der Waals surface area contributed by atoms with Gasteiger partial charge in [-0.2, -0.15) is 0 Å². The quantitative estimate of drug-likeness (QED) is 0.672. The van der Waals surface area contributed by atoms with Gasteiger partial charge in [0.1, 0.15) is 0 Å². The summed E-state index contributed by atoms with van der Waals surface area (Å²) in [4.78, 5) is 36.1. The van der Waals surface area contributed by atoms with Crippen LogP contribution in [0.25, 0.3) is 0 Å². The highest BCUT2D eigenvalue weighted by Gasteiger charge is 2.18. The summed E-state index contributed by atoms with van der Waals surface area (Å²) in [6.07, 6.45) is -0.889. The van der Waals surface area contributed by atoms with Crippen LogP contribution in [0.4, 0.5) is 11.4 Å². The van der Waals surface area contributed by atoms with Crippen molar-refractivity contribution in [3.8, 4) is 0 Å². The molecule has 0 unspecified atom stereocenters. The lowest BCUT2D eigenvalue weighted by atomic mass is 10.2. The summed E-state index contributed by atoms with van der Waals surface area (Å²) in [7, 11) is 0. The summed E-state index contributed by atoms with van der Waals surface area (Å²) in [6, 6.07) is 10.7. The van der Waals surface area contributed by atoms with Gasteiger partial charge in [0, 0.05) is 28.9 Å². The number of rotatable bonds is 8. The number of hydrogen-bond donors (Lipinski definition) is 2. The van der Waals surface area contributed by atoms with Gasteiger partial charge in [-0.05, 0) is 42.6 Å². The summed E-state index contributed by atoms with van der Waals surface area (Å²) in [5.74, 6) is -0.0575. The van der Waals surface area contributed by atoms with Crippen LogP contribution < -0.4 is 10.6 Å². The first-order valence-corrected chi connectivity index (χ1v) is 9.95. The molecule has 1 atom stereocenters. The molecule has 6 nitrogen and oxygen atoms in total. The minimum absolute atomic E-state index is 0.167. The van der Waals surface area contributed by atoms with Crippen LogP contribution >= 0.6 is 23.1 Å². The lowest BCUT2D eigenvalue weighted by Crippen LogP contribution is -2.30. The zero-order valence-electron chi connectivity index (χ0n) is 14.5. The number of thiophene rings is 1. The van der Waals surface area contributed by atoms with Crippen molar-refractivity contribution in [3.63, 3.8) is 0 Å². The molecule has 0 aliphatic heterocycles. The molecular formula is C18H20N2O4S2. The molecule has 26 heavy (non-hydrogen) atoms. The van der Waals surface area contributed by atoms with Gasteiger partial charge in [0.05, 0.1) is 5.75 Å². The molecular weight excluding hydrogens is 372 g/mol. The van der Waals surface area contributed by atoms with Crippen LogP contribution in [0.15, 0.2) is 41.8 Å². The molecule has 2 N–H and O–H groups in total. The molecule has 2 aromatic rings. The van der Waals surface area contributed by atoms with Gasteiger partial charge in [-0.15, -0.1) is 23.1 Å². The molecule has 1 aromatic heterocycles. The molecule has 0 fully saturated rings. The van der Waals surface area contributed by atoms with E-state index in [1.54, 1.807) is 35.6 Å². The minimum atomic E-state index is -0.889. The summed E-state index contributed by atoms with van der Waals surface area (Å²) in [5, 5.41) is 7.30. The van der Waals surface area contributed by atoms with Crippen molar-refractivity contribution in [1.82, 2.24) is 0 Å². The van der Waals surface area contributed by atoms with E-state index < -0.39 is 18.0 Å². The van der Waals surface area contributed by atoms with Crippen molar-refractivity contribution in [1.29, 1.82) is 0 Å². The zero-order valence-corrected chi connectivity index (χ0v) is 16.1. The molecule has 0 saturated carbocycles. The zero-order chi connectivity index (χ0) is 18.9. The highest BCUT2D eigenvalue weighted by molar-refractivity contribution is 7.99. The maximum absolute atomic E-state index is 12.1. The molecule has 8 heteroatoms. The number of anilines is 2. The SMILES string of the molecule is CC(=O)Nc1ccc(NC(=O)[C@H](C)OC(=O)CSCc2cccs2)cc1. The second-order valence-corrected chi connectivity index (χ2v) is 7.47. The first kappa shape index (κ1) is 20.0. The Hall–Kier alpha value is -2.32. The number of carbonyl (C=O) groups excluding carboxylic acids is 3. The molecule has 0 saturated heterocycles. The Morgan fingerprint density at radius 1 is 1.12 bits per heavy atom. The Kier molecular flexibility index (Phi) is 7.68. The Labute approximate surface area is 160 Å². The third-order valence-corrected chi connectivity index (χ3v) is 5.21. The molecule has 0 aliphatic carbocycles. The maximum atomic E-state index is 12.1. The van der Waals surface area contributed by atoms with Crippen LogP contribution in [0.3, 0.4) is 0 Å². The van der Waals surface area contributed by atoms with Gasteiger partial charge >= 0.3 is 5.97 Å². The number of thioether (sulfide) groups is 1. The normalized spacial score (nSPS) is 11.5. The summed E-state index contributed by atoms with van der Waals surface area (Å²) < 4.78 is 5.15. The molecule has 0 bridgehead atoms. The first-order chi connectivity index (χ1) is 12.4. The Morgan fingerprint density at radius 3 is 2.35 bits per heavy atom. The second-order valence-electron chi connectivity index (χ2n) is 5.45. The third kappa shape index (κ3) is 6.89. The minimum Gasteiger partial charge on any atom is -0.452 e. The van der Waals surface area contributed by atoms with E-state index in [9.17, 15) is 14.4 Å². The van der Waals surface area contributed by atoms with Crippen LogP contribution in [0.1, 0.15) is 18.7 Å². The van der Waals surface area contributed by atoms with Crippen LogP contribution in [-0.2, 0) is 24.9 Å². The highest BCUT2D eigenvalue weighted by atomic mass is 32.2. The van der Waals surface area contributed by atoms with E-state index in [0.717, 1.165) is 5.75 Å². The van der Waals surface area contributed by atoms with Gasteiger partial charge in [-0.1, -0.05) is 6.07 Å². The van der Waals surface area contributed by atoms with Gasteiger partial charge in [0.2, 0.25) is 5.91 Å². The Morgan fingerprint density at radius 2 is 1.77 bits per heavy atom.